The van der Waals surface area contributed by atoms with Gasteiger partial charge in [-0.15, -0.1) is 0 Å². The smallest absolute Gasteiger partial charge is 0.325 e. The highest BCUT2D eigenvalue weighted by Crippen LogP contribution is 2.24. The summed E-state index contributed by atoms with van der Waals surface area (Å²) in [5, 5.41) is 39.2. The highest BCUT2D eigenvalue weighted by Gasteiger charge is 2.47. The Labute approximate surface area is 230 Å². The van der Waals surface area contributed by atoms with Crippen molar-refractivity contribution < 1.29 is 58.3 Å². The molecular weight excluding hydrogens is 538 g/mol. The number of ether oxygens (including phenoxy) is 3. The molecule has 17 heteroatoms. The Kier molecular flexibility index (Phi) is 13.9. The van der Waals surface area contributed by atoms with Gasteiger partial charge >= 0.3 is 5.97 Å². The average molecular weight is 578 g/mol. The number of rotatable bonds is 15. The number of aliphatic hydroxyl groups excluding tert-OH is 2. The van der Waals surface area contributed by atoms with Crippen molar-refractivity contribution in [1.29, 1.82) is 0 Å². The molecule has 0 aliphatic carbocycles. The number of methoxy groups -OCH3 is 1. The van der Waals surface area contributed by atoms with Crippen molar-refractivity contribution in [2.45, 2.75) is 95.4 Å². The Balaban J connectivity index is 2.79. The van der Waals surface area contributed by atoms with Crippen molar-refractivity contribution >= 4 is 35.5 Å². The minimum absolute atomic E-state index is 0.121. The van der Waals surface area contributed by atoms with Crippen LogP contribution < -0.4 is 27.0 Å². The van der Waals surface area contributed by atoms with Crippen molar-refractivity contribution in [2.24, 2.45) is 5.73 Å². The van der Waals surface area contributed by atoms with Crippen LogP contribution in [0.2, 0.25) is 0 Å². The van der Waals surface area contributed by atoms with Gasteiger partial charge in [0, 0.05) is 20.5 Å². The van der Waals surface area contributed by atoms with E-state index in [9.17, 15) is 39.0 Å². The van der Waals surface area contributed by atoms with Gasteiger partial charge in [0.1, 0.15) is 48.6 Å². The molecule has 1 rings (SSSR count). The third-order valence-electron chi connectivity index (χ3n) is 5.94. The van der Waals surface area contributed by atoms with Gasteiger partial charge in [0.05, 0.1) is 6.61 Å². The fraction of sp³-hybridized carbons (Fsp3) is 0.739. The molecule has 0 aromatic rings. The zero-order valence-electron chi connectivity index (χ0n) is 22.9. The van der Waals surface area contributed by atoms with Crippen LogP contribution in [0.4, 0.5) is 0 Å². The van der Waals surface area contributed by atoms with E-state index < -0.39 is 90.4 Å². The van der Waals surface area contributed by atoms with Crippen LogP contribution in [0, 0.1) is 0 Å². The first-order valence-electron chi connectivity index (χ1n) is 12.4. The molecule has 1 fully saturated rings. The topological polar surface area (TPSA) is 265 Å². The molecule has 0 bridgehead atoms. The van der Waals surface area contributed by atoms with E-state index in [1.807, 2.05) is 0 Å². The molecule has 228 valence electrons. The molecular formula is C23H39N5O12. The van der Waals surface area contributed by atoms with E-state index in [1.54, 1.807) is 0 Å². The monoisotopic (exact) mass is 577 g/mol. The van der Waals surface area contributed by atoms with Crippen LogP contribution in [0.3, 0.4) is 0 Å². The van der Waals surface area contributed by atoms with Gasteiger partial charge in [0.15, 0.2) is 6.29 Å². The molecule has 5 amide bonds. The molecule has 40 heavy (non-hydrogen) atoms. The lowest BCUT2D eigenvalue weighted by Gasteiger charge is -2.43. The Morgan fingerprint density at radius 1 is 0.975 bits per heavy atom. The van der Waals surface area contributed by atoms with E-state index >= 15 is 0 Å². The molecule has 9 atom stereocenters. The van der Waals surface area contributed by atoms with Gasteiger partial charge in [-0.25, -0.2) is 0 Å². The number of carbonyl (C=O) groups is 6. The summed E-state index contributed by atoms with van der Waals surface area (Å²) in [6, 6.07) is -4.89. The number of nitrogens with two attached hydrogens (primary N) is 1. The lowest BCUT2D eigenvalue weighted by Crippen LogP contribution is -2.65. The van der Waals surface area contributed by atoms with Crippen LogP contribution in [0.1, 0.15) is 40.5 Å². The predicted molar refractivity (Wildman–Crippen MR) is 134 cm³/mol. The number of primary amides is 1. The summed E-state index contributed by atoms with van der Waals surface area (Å²) in [7, 11) is 1.35. The zero-order valence-corrected chi connectivity index (χ0v) is 22.9. The summed E-state index contributed by atoms with van der Waals surface area (Å²) < 4.78 is 15.9. The van der Waals surface area contributed by atoms with Crippen molar-refractivity contribution in [3.05, 3.63) is 0 Å². The first-order valence-corrected chi connectivity index (χ1v) is 12.4. The molecule has 9 N–H and O–H groups in total. The number of aliphatic hydroxyl groups is 2. The second-order valence-electron chi connectivity index (χ2n) is 9.34. The number of nitrogens with one attached hydrogen (secondary N) is 4. The van der Waals surface area contributed by atoms with Crippen molar-refractivity contribution in [2.75, 3.05) is 13.7 Å². The summed E-state index contributed by atoms with van der Waals surface area (Å²) in [4.78, 5) is 71.5. The predicted octanol–water partition coefficient (Wildman–Crippen LogP) is -4.17. The molecule has 5 unspecified atom stereocenters. The molecule has 0 radical (unpaired) electrons. The van der Waals surface area contributed by atoms with Gasteiger partial charge in [-0.05, 0) is 27.2 Å². The SMILES string of the molecule is COCC1OC(O)C(NC(C)=O)C(O[C@H](C)C(=O)N[C@@H](C)C(=O)N[C@H](CCC(=O)N[C@@H](C)C(=O)O)C(N)=O)C1O. The Morgan fingerprint density at radius 3 is 2.12 bits per heavy atom. The van der Waals surface area contributed by atoms with Crippen LogP contribution in [0.5, 0.6) is 0 Å². The van der Waals surface area contributed by atoms with E-state index in [2.05, 4.69) is 21.3 Å². The van der Waals surface area contributed by atoms with Gasteiger partial charge in [-0.1, -0.05) is 0 Å². The molecule has 0 spiro atoms. The quantitative estimate of drug-likeness (QED) is 0.0921. The molecule has 1 aliphatic heterocycles. The number of hydrogen-bond donors (Lipinski definition) is 8. The van der Waals surface area contributed by atoms with E-state index in [0.29, 0.717) is 0 Å². The van der Waals surface area contributed by atoms with Gasteiger partial charge in [-0.3, -0.25) is 28.8 Å². The van der Waals surface area contributed by atoms with Gasteiger partial charge in [-0.2, -0.15) is 0 Å². The number of carbonyl (C=O) groups excluding carboxylic acids is 5. The summed E-state index contributed by atoms with van der Waals surface area (Å²) in [5.41, 5.74) is 5.30. The van der Waals surface area contributed by atoms with Crippen molar-refractivity contribution in [3.8, 4) is 0 Å². The molecule has 1 saturated heterocycles. The maximum absolute atomic E-state index is 12.8. The average Bonchev–Trinajstić information content (AvgIpc) is 2.85. The first kappa shape index (κ1) is 34.6. The molecule has 1 heterocycles. The van der Waals surface area contributed by atoms with E-state index in [4.69, 9.17) is 25.1 Å². The highest BCUT2D eigenvalue weighted by molar-refractivity contribution is 5.92. The lowest BCUT2D eigenvalue weighted by atomic mass is 9.96. The fourth-order valence-electron chi connectivity index (χ4n) is 3.71. The number of amides is 5. The Morgan fingerprint density at radius 2 is 1.60 bits per heavy atom. The normalized spacial score (nSPS) is 25.4. The van der Waals surface area contributed by atoms with Gasteiger partial charge in [0.2, 0.25) is 29.5 Å². The summed E-state index contributed by atoms with van der Waals surface area (Å²) in [6.07, 6.45) is -7.17. The van der Waals surface area contributed by atoms with Gasteiger partial charge in [0.25, 0.3) is 0 Å². The summed E-state index contributed by atoms with van der Waals surface area (Å²) in [6.45, 7) is 4.93. The number of aliphatic carboxylic acids is 1. The molecule has 0 aromatic heterocycles. The maximum atomic E-state index is 12.8. The molecule has 1 aliphatic rings. The number of carboxylic acid groups (broad SMARTS) is 1. The number of hydrogen-bond acceptors (Lipinski definition) is 11. The minimum Gasteiger partial charge on any atom is -0.480 e. The fourth-order valence-corrected chi connectivity index (χ4v) is 3.71. The zero-order chi connectivity index (χ0) is 30.7. The van der Waals surface area contributed by atoms with Crippen molar-refractivity contribution in [3.63, 3.8) is 0 Å². The Hall–Kier alpha value is -3.38. The molecule has 0 saturated carbocycles. The van der Waals surface area contributed by atoms with E-state index in [-0.39, 0.29) is 19.4 Å². The minimum atomic E-state index is -1.59. The van der Waals surface area contributed by atoms with Crippen LogP contribution in [0.25, 0.3) is 0 Å². The van der Waals surface area contributed by atoms with E-state index in [0.717, 1.165) is 0 Å². The first-order chi connectivity index (χ1) is 18.6. The molecule has 17 nitrogen and oxygen atoms in total. The molecule has 0 aromatic carbocycles. The Bertz CT molecular complexity index is 934. The van der Waals surface area contributed by atoms with Crippen LogP contribution in [-0.4, -0.2) is 119 Å². The lowest BCUT2D eigenvalue weighted by molar-refractivity contribution is -0.267. The highest BCUT2D eigenvalue weighted by atomic mass is 16.6. The maximum Gasteiger partial charge on any atom is 0.325 e. The van der Waals surface area contributed by atoms with E-state index in [1.165, 1.54) is 34.8 Å². The van der Waals surface area contributed by atoms with Crippen molar-refractivity contribution in [1.82, 2.24) is 21.3 Å². The van der Waals surface area contributed by atoms with Gasteiger partial charge < -0.3 is 56.5 Å². The van der Waals surface area contributed by atoms with Crippen LogP contribution >= 0.6 is 0 Å². The second-order valence-corrected chi connectivity index (χ2v) is 9.34. The third kappa shape index (κ3) is 10.6. The van der Waals surface area contributed by atoms with Crippen LogP contribution in [0.15, 0.2) is 0 Å². The largest absolute Gasteiger partial charge is 0.480 e. The number of carboxylic acids is 1. The van der Waals surface area contributed by atoms with Crippen LogP contribution in [-0.2, 0) is 43.0 Å². The second kappa shape index (κ2) is 16.0. The summed E-state index contributed by atoms with van der Waals surface area (Å²) in [5.74, 6) is -5.06. The third-order valence-corrected chi connectivity index (χ3v) is 5.94. The standard InChI is InChI=1S/C23H39N5O12/c1-9(20(33)28-13(19(24)32)6-7-15(30)25-10(2)22(35)36)26-21(34)11(3)39-18-16(27-12(4)29)23(37)40-14(8-38-5)17(18)31/h9-11,13-14,16-18,23,31,37H,6-8H2,1-5H3,(H2,24,32)(H,25,30)(H,26,34)(H,27,29)(H,28,33)(H,35,36)/t9-,10-,11+,13+,14?,16?,17?,18?,23?/m0/s1. The summed E-state index contributed by atoms with van der Waals surface area (Å²) >= 11 is 0.